The highest BCUT2D eigenvalue weighted by molar-refractivity contribution is 7.99. The van der Waals surface area contributed by atoms with Gasteiger partial charge in [0.15, 0.2) is 17.3 Å². The van der Waals surface area contributed by atoms with Crippen molar-refractivity contribution < 1.29 is 8.91 Å². The molecule has 0 radical (unpaired) electrons. The van der Waals surface area contributed by atoms with Gasteiger partial charge in [-0.2, -0.15) is 0 Å². The van der Waals surface area contributed by atoms with Crippen molar-refractivity contribution in [3.63, 3.8) is 0 Å². The summed E-state index contributed by atoms with van der Waals surface area (Å²) in [5, 5.41) is 7.60. The van der Waals surface area contributed by atoms with Gasteiger partial charge in [-0.1, -0.05) is 37.2 Å². The molecule has 0 spiro atoms. The topological polar surface area (TPSA) is 89.9 Å². The first-order chi connectivity index (χ1) is 16.0. The van der Waals surface area contributed by atoms with Gasteiger partial charge < -0.3 is 15.6 Å². The Hall–Kier alpha value is -3.23. The maximum absolute atomic E-state index is 14.6. The first kappa shape index (κ1) is 22.9. The predicted molar refractivity (Wildman–Crippen MR) is 131 cm³/mol. The Bertz CT molecular complexity index is 1240. The quantitative estimate of drug-likeness (QED) is 0.319. The Morgan fingerprint density at radius 2 is 1.91 bits per heavy atom. The molecule has 8 heteroatoms. The molecule has 0 amide bonds. The molecule has 0 fully saturated rings. The fourth-order valence-electron chi connectivity index (χ4n) is 3.33. The molecule has 1 unspecified atom stereocenters. The van der Waals surface area contributed by atoms with Crippen molar-refractivity contribution in [2.24, 2.45) is 0 Å². The summed E-state index contributed by atoms with van der Waals surface area (Å²) in [6.07, 6.45) is 2.75. The zero-order valence-electron chi connectivity index (χ0n) is 18.8. The van der Waals surface area contributed by atoms with Gasteiger partial charge in [0.05, 0.1) is 11.9 Å². The van der Waals surface area contributed by atoms with E-state index in [0.29, 0.717) is 40.2 Å². The molecule has 3 N–H and O–H groups in total. The van der Waals surface area contributed by atoms with Crippen molar-refractivity contribution >= 4 is 17.6 Å². The maximum atomic E-state index is 14.6. The first-order valence-corrected chi connectivity index (χ1v) is 11.7. The fourth-order valence-corrected chi connectivity index (χ4v) is 4.26. The van der Waals surface area contributed by atoms with Crippen LogP contribution in [0.25, 0.3) is 34.0 Å². The van der Waals surface area contributed by atoms with Gasteiger partial charge in [-0.3, -0.25) is 0 Å². The molecule has 0 aliphatic rings. The number of nitrogens with zero attached hydrogens (tertiary/aromatic N) is 3. The van der Waals surface area contributed by atoms with Gasteiger partial charge in [-0.05, 0) is 43.3 Å². The van der Waals surface area contributed by atoms with Crippen molar-refractivity contribution in [1.82, 2.24) is 20.4 Å². The number of benzene rings is 2. The van der Waals surface area contributed by atoms with Gasteiger partial charge in [0, 0.05) is 33.9 Å². The third kappa shape index (κ3) is 5.23. The van der Waals surface area contributed by atoms with Crippen molar-refractivity contribution in [2.75, 3.05) is 12.8 Å². The highest BCUT2D eigenvalue weighted by Gasteiger charge is 2.17. The number of nitrogens with one attached hydrogen (secondary N) is 1. The lowest BCUT2D eigenvalue weighted by molar-refractivity contribution is 0.433. The molecule has 4 aromatic rings. The highest BCUT2D eigenvalue weighted by atomic mass is 32.2. The number of nitrogens with two attached hydrogens (primary N) is 1. The Morgan fingerprint density at radius 1 is 1.12 bits per heavy atom. The molecule has 2 aromatic carbocycles. The molecule has 0 saturated heterocycles. The number of aromatic nitrogens is 3. The van der Waals surface area contributed by atoms with Crippen LogP contribution >= 0.6 is 11.8 Å². The standard InChI is InChI=1S/C25H26FN5OS/c1-4-15(2)33-18-8-6-17(7-9-18)22-14-29-25(27)24(30-22)23-12-21(31-32-23)19-10-5-16(13-28-3)11-20(19)26/h5-12,14-15,28H,4,13H2,1-3H3,(H2,27,29). The van der Waals surface area contributed by atoms with Crippen molar-refractivity contribution in [3.05, 3.63) is 66.1 Å². The van der Waals surface area contributed by atoms with E-state index in [2.05, 4.69) is 46.4 Å². The fraction of sp³-hybridized carbons (Fsp3) is 0.240. The van der Waals surface area contributed by atoms with Crippen LogP contribution in [0, 0.1) is 5.82 Å². The SMILES string of the molecule is CCC(C)Sc1ccc(-c2cnc(N)c(-c3cc(-c4ccc(CNC)cc4F)no3)n2)cc1. The Balaban J connectivity index is 1.61. The van der Waals surface area contributed by atoms with E-state index in [4.69, 9.17) is 10.3 Å². The molecule has 4 rings (SSSR count). The van der Waals surface area contributed by atoms with E-state index < -0.39 is 0 Å². The minimum atomic E-state index is -0.370. The monoisotopic (exact) mass is 463 g/mol. The van der Waals surface area contributed by atoms with E-state index >= 15 is 0 Å². The van der Waals surface area contributed by atoms with Crippen LogP contribution in [0.5, 0.6) is 0 Å². The van der Waals surface area contributed by atoms with Gasteiger partial charge in [0.2, 0.25) is 0 Å². The molecule has 2 aromatic heterocycles. The van der Waals surface area contributed by atoms with Crippen molar-refractivity contribution in [3.8, 4) is 34.0 Å². The molecule has 0 aliphatic heterocycles. The van der Waals surface area contributed by atoms with E-state index in [-0.39, 0.29) is 11.6 Å². The smallest absolute Gasteiger partial charge is 0.189 e. The van der Waals surface area contributed by atoms with E-state index in [0.717, 1.165) is 17.5 Å². The average molecular weight is 464 g/mol. The van der Waals surface area contributed by atoms with Crippen molar-refractivity contribution in [2.45, 2.75) is 37.0 Å². The summed E-state index contributed by atoms with van der Waals surface area (Å²) in [4.78, 5) is 10.2. The molecule has 0 bridgehead atoms. The van der Waals surface area contributed by atoms with Crippen LogP contribution < -0.4 is 11.1 Å². The number of halogens is 1. The second kappa shape index (κ2) is 10.1. The third-order valence-electron chi connectivity index (χ3n) is 5.30. The van der Waals surface area contributed by atoms with Crippen LogP contribution in [0.3, 0.4) is 0 Å². The summed E-state index contributed by atoms with van der Waals surface area (Å²) < 4.78 is 20.1. The number of anilines is 1. The number of hydrogen-bond donors (Lipinski definition) is 2. The summed E-state index contributed by atoms with van der Waals surface area (Å²) in [6.45, 7) is 4.97. The maximum Gasteiger partial charge on any atom is 0.189 e. The minimum Gasteiger partial charge on any atom is -0.382 e. The van der Waals surface area contributed by atoms with Crippen LogP contribution in [0.4, 0.5) is 10.2 Å². The van der Waals surface area contributed by atoms with Crippen LogP contribution in [0.15, 0.2) is 64.1 Å². The van der Waals surface area contributed by atoms with Crippen LogP contribution in [0.1, 0.15) is 25.8 Å². The van der Waals surface area contributed by atoms with Gasteiger partial charge in [0.25, 0.3) is 0 Å². The number of hydrogen-bond acceptors (Lipinski definition) is 7. The zero-order valence-corrected chi connectivity index (χ0v) is 19.6. The normalized spacial score (nSPS) is 12.1. The lowest BCUT2D eigenvalue weighted by atomic mass is 10.1. The largest absolute Gasteiger partial charge is 0.382 e. The van der Waals surface area contributed by atoms with Crippen LogP contribution in [-0.2, 0) is 6.54 Å². The van der Waals surface area contributed by atoms with Crippen LogP contribution in [0.2, 0.25) is 0 Å². The second-order valence-corrected chi connectivity index (χ2v) is 9.28. The molecule has 33 heavy (non-hydrogen) atoms. The lowest BCUT2D eigenvalue weighted by Crippen LogP contribution is -2.05. The average Bonchev–Trinajstić information content (AvgIpc) is 3.30. The molecule has 2 heterocycles. The van der Waals surface area contributed by atoms with Gasteiger partial charge in [-0.15, -0.1) is 11.8 Å². The van der Waals surface area contributed by atoms with Gasteiger partial charge in [-0.25, -0.2) is 14.4 Å². The first-order valence-electron chi connectivity index (χ1n) is 10.8. The van der Waals surface area contributed by atoms with Crippen molar-refractivity contribution in [1.29, 1.82) is 0 Å². The summed E-state index contributed by atoms with van der Waals surface area (Å²) in [7, 11) is 1.82. The molecular weight excluding hydrogens is 437 g/mol. The summed E-state index contributed by atoms with van der Waals surface area (Å²) in [5.41, 5.74) is 9.60. The summed E-state index contributed by atoms with van der Waals surface area (Å²) in [6, 6.07) is 14.8. The van der Waals surface area contributed by atoms with Crippen LogP contribution in [-0.4, -0.2) is 27.4 Å². The lowest BCUT2D eigenvalue weighted by Gasteiger charge is -2.09. The summed E-state index contributed by atoms with van der Waals surface area (Å²) >= 11 is 1.84. The van der Waals surface area contributed by atoms with Gasteiger partial charge >= 0.3 is 0 Å². The van der Waals surface area contributed by atoms with E-state index in [1.54, 1.807) is 18.3 Å². The molecule has 0 saturated carbocycles. The highest BCUT2D eigenvalue weighted by Crippen LogP contribution is 2.32. The summed E-state index contributed by atoms with van der Waals surface area (Å²) in [5.74, 6) is 0.181. The second-order valence-electron chi connectivity index (χ2n) is 7.77. The predicted octanol–water partition coefficient (Wildman–Crippen LogP) is 5.80. The Labute approximate surface area is 196 Å². The Morgan fingerprint density at radius 3 is 2.61 bits per heavy atom. The number of thioether (sulfide) groups is 1. The van der Waals surface area contributed by atoms with E-state index in [1.807, 2.05) is 37.0 Å². The molecular formula is C25H26FN5OS. The molecule has 170 valence electrons. The van der Waals surface area contributed by atoms with E-state index in [1.165, 1.54) is 11.0 Å². The van der Waals surface area contributed by atoms with Gasteiger partial charge in [0.1, 0.15) is 11.5 Å². The van der Waals surface area contributed by atoms with E-state index in [9.17, 15) is 4.39 Å². The zero-order chi connectivity index (χ0) is 23.4. The number of nitrogen functional groups attached to an aromatic ring is 1. The molecule has 0 aliphatic carbocycles. The molecule has 6 nitrogen and oxygen atoms in total. The third-order valence-corrected chi connectivity index (χ3v) is 6.58. The minimum absolute atomic E-state index is 0.218. The molecule has 1 atom stereocenters. The number of rotatable bonds is 8. The Kier molecular flexibility index (Phi) is 7.05.